The molecule has 1 saturated carbocycles. The number of benzene rings is 1. The summed E-state index contributed by atoms with van der Waals surface area (Å²) >= 11 is 10.0. The molecule has 0 radical (unpaired) electrons. The molecule has 1 aromatic rings. The molecule has 4 unspecified atom stereocenters. The summed E-state index contributed by atoms with van der Waals surface area (Å²) in [4.78, 5) is 11.8. The van der Waals surface area contributed by atoms with Crippen LogP contribution in [0.25, 0.3) is 0 Å². The molecule has 4 fully saturated rings. The van der Waals surface area contributed by atoms with Crippen LogP contribution in [0.3, 0.4) is 0 Å². The Bertz CT molecular complexity index is 1030. The molecule has 5 rings (SSSR count). The normalized spacial score (nSPS) is 32.4. The zero-order valence-corrected chi connectivity index (χ0v) is 27.4. The summed E-state index contributed by atoms with van der Waals surface area (Å²) in [6, 6.07) is 7.42. The van der Waals surface area contributed by atoms with Crippen LogP contribution in [0.5, 0.6) is 5.75 Å². The lowest BCUT2D eigenvalue weighted by molar-refractivity contribution is -0.194. The minimum atomic E-state index is -0.298. The molecule has 3 aliphatic heterocycles. The Hall–Kier alpha value is -1.20. The first-order chi connectivity index (χ1) is 21.0. The highest BCUT2D eigenvalue weighted by atomic mass is 79.9. The molecule has 0 N–H and O–H groups in total. The Kier molecular flexibility index (Phi) is 13.1. The topological polar surface area (TPSA) is 81.7 Å². The third-order valence-corrected chi connectivity index (χ3v) is 10.2. The van der Waals surface area contributed by atoms with Crippen molar-refractivity contribution in [2.24, 2.45) is 11.8 Å². The van der Waals surface area contributed by atoms with E-state index < -0.39 is 0 Å². The number of hydrogen-bond donors (Lipinski definition) is 0. The van der Waals surface area contributed by atoms with Gasteiger partial charge in [-0.15, -0.1) is 0 Å². The summed E-state index contributed by atoms with van der Waals surface area (Å²) in [5.74, 6) is 1.00. The molecule has 0 amide bonds. The number of carbonyl (C=O) groups excluding carboxylic acids is 1. The second-order valence-electron chi connectivity index (χ2n) is 12.0. The van der Waals surface area contributed by atoms with Crippen LogP contribution in [0.15, 0.2) is 36.4 Å². The maximum Gasteiger partial charge on any atom is 0.305 e. The Morgan fingerprint density at radius 1 is 1.12 bits per heavy atom. The molecule has 0 bridgehead atoms. The largest absolute Gasteiger partial charge is 0.490 e. The summed E-state index contributed by atoms with van der Waals surface area (Å²) < 4.78 is 42.4. The molecule has 10 heteroatoms. The van der Waals surface area contributed by atoms with Gasteiger partial charge >= 0.3 is 5.97 Å². The first kappa shape index (κ1) is 33.2. The van der Waals surface area contributed by atoms with E-state index in [1.165, 1.54) is 7.11 Å². The molecule has 0 spiro atoms. The van der Waals surface area contributed by atoms with Gasteiger partial charge in [-0.3, -0.25) is 4.79 Å². The summed E-state index contributed by atoms with van der Waals surface area (Å²) in [6.07, 6.45) is 13.8. The van der Waals surface area contributed by atoms with Crippen LogP contribution >= 0.6 is 27.5 Å². The summed E-state index contributed by atoms with van der Waals surface area (Å²) in [6.45, 7) is 1.81. The molecule has 4 aliphatic rings. The number of fused-ring (bicyclic) bond motifs is 1. The summed E-state index contributed by atoms with van der Waals surface area (Å²) in [5, 5.41) is 0.634. The number of rotatable bonds is 14. The number of alkyl halides is 1. The Morgan fingerprint density at radius 3 is 2.63 bits per heavy atom. The van der Waals surface area contributed by atoms with Gasteiger partial charge in [-0.25, -0.2) is 0 Å². The van der Waals surface area contributed by atoms with Gasteiger partial charge in [-0.1, -0.05) is 45.7 Å². The Balaban J connectivity index is 1.27. The van der Waals surface area contributed by atoms with Crippen LogP contribution < -0.4 is 4.74 Å². The number of carbonyl (C=O) groups is 1. The fraction of sp³-hybridized carbons (Fsp3) is 0.727. The smallest absolute Gasteiger partial charge is 0.305 e. The van der Waals surface area contributed by atoms with E-state index in [4.69, 9.17) is 44.8 Å². The molecule has 9 atom stereocenters. The maximum absolute atomic E-state index is 11.6. The van der Waals surface area contributed by atoms with Crippen molar-refractivity contribution in [2.75, 3.05) is 26.9 Å². The second kappa shape index (κ2) is 16.9. The lowest BCUT2D eigenvalue weighted by Crippen LogP contribution is -2.33. The lowest BCUT2D eigenvalue weighted by Gasteiger charge is -2.30. The van der Waals surface area contributed by atoms with Crippen LogP contribution in [0, 0.1) is 11.8 Å². The molecular formula is C33H46BrClO8. The highest BCUT2D eigenvalue weighted by Gasteiger charge is 2.51. The number of ether oxygens (including phenoxy) is 7. The average Bonchev–Trinajstić information content (AvgIpc) is 3.57. The Labute approximate surface area is 269 Å². The van der Waals surface area contributed by atoms with E-state index in [1.807, 2.05) is 24.3 Å². The number of methoxy groups -OCH3 is 1. The highest BCUT2D eigenvalue weighted by Crippen LogP contribution is 2.47. The van der Waals surface area contributed by atoms with Crippen LogP contribution in [0.1, 0.15) is 70.6 Å². The van der Waals surface area contributed by atoms with Crippen LogP contribution in [-0.2, 0) is 33.2 Å². The minimum absolute atomic E-state index is 0.00355. The average molecular weight is 686 g/mol. The van der Waals surface area contributed by atoms with Crippen molar-refractivity contribution in [3.8, 4) is 5.75 Å². The molecule has 1 aliphatic carbocycles. The first-order valence-corrected chi connectivity index (χ1v) is 17.2. The van der Waals surface area contributed by atoms with Gasteiger partial charge in [0.1, 0.15) is 18.5 Å². The zero-order valence-electron chi connectivity index (χ0n) is 25.1. The van der Waals surface area contributed by atoms with Gasteiger partial charge in [0.25, 0.3) is 0 Å². The van der Waals surface area contributed by atoms with Crippen molar-refractivity contribution >= 4 is 33.5 Å². The maximum atomic E-state index is 11.6. The van der Waals surface area contributed by atoms with E-state index in [9.17, 15) is 4.79 Å². The van der Waals surface area contributed by atoms with Gasteiger partial charge in [0.15, 0.2) is 12.6 Å². The quantitative estimate of drug-likeness (QED) is 0.118. The molecule has 3 heterocycles. The summed E-state index contributed by atoms with van der Waals surface area (Å²) in [7, 11) is 1.43. The number of hydrogen-bond acceptors (Lipinski definition) is 8. The van der Waals surface area contributed by atoms with E-state index in [1.54, 1.807) is 0 Å². The van der Waals surface area contributed by atoms with E-state index in [0.29, 0.717) is 36.3 Å². The van der Waals surface area contributed by atoms with Gasteiger partial charge < -0.3 is 33.2 Å². The van der Waals surface area contributed by atoms with Crippen molar-refractivity contribution in [2.45, 2.75) is 112 Å². The predicted octanol–water partition coefficient (Wildman–Crippen LogP) is 7.00. The van der Waals surface area contributed by atoms with Gasteiger partial charge in [0.2, 0.25) is 0 Å². The van der Waals surface area contributed by atoms with E-state index >= 15 is 0 Å². The van der Waals surface area contributed by atoms with E-state index in [2.05, 4.69) is 28.1 Å². The monoisotopic (exact) mass is 684 g/mol. The molecule has 1 aromatic carbocycles. The predicted molar refractivity (Wildman–Crippen MR) is 166 cm³/mol. The van der Waals surface area contributed by atoms with Crippen molar-refractivity contribution in [3.05, 3.63) is 41.4 Å². The lowest BCUT2D eigenvalue weighted by atomic mass is 9.89. The third kappa shape index (κ3) is 9.89. The molecule has 3 saturated heterocycles. The van der Waals surface area contributed by atoms with Crippen molar-refractivity contribution in [1.29, 1.82) is 0 Å². The molecule has 8 nitrogen and oxygen atoms in total. The molecular weight excluding hydrogens is 640 g/mol. The van der Waals surface area contributed by atoms with Crippen LogP contribution in [0.2, 0.25) is 5.02 Å². The van der Waals surface area contributed by atoms with Gasteiger partial charge in [0, 0.05) is 41.8 Å². The first-order valence-electron chi connectivity index (χ1n) is 16.0. The molecule has 240 valence electrons. The van der Waals surface area contributed by atoms with E-state index in [0.717, 1.165) is 70.8 Å². The SMILES string of the molecule is COC(=O)CCCC(Br)C1C[C@@H]2[C@@H](/C=C/[C@H](COc3cccc(Cl)c3)OC3CCCCO3)[C@H](OC3CCCCO3)C[C@H]2O1. The number of esters is 1. The molecule has 0 aromatic heterocycles. The van der Waals surface area contributed by atoms with Crippen LogP contribution in [-0.4, -0.2) is 74.7 Å². The minimum Gasteiger partial charge on any atom is -0.490 e. The summed E-state index contributed by atoms with van der Waals surface area (Å²) in [5.41, 5.74) is 0. The number of halogens is 2. The van der Waals surface area contributed by atoms with Crippen molar-refractivity contribution < 1.29 is 38.0 Å². The highest BCUT2D eigenvalue weighted by molar-refractivity contribution is 9.09. The van der Waals surface area contributed by atoms with Crippen LogP contribution in [0.4, 0.5) is 0 Å². The Morgan fingerprint density at radius 2 is 1.91 bits per heavy atom. The van der Waals surface area contributed by atoms with Gasteiger partial charge in [0.05, 0.1) is 25.4 Å². The van der Waals surface area contributed by atoms with Crippen molar-refractivity contribution in [3.63, 3.8) is 0 Å². The third-order valence-electron chi connectivity index (χ3n) is 8.90. The second-order valence-corrected chi connectivity index (χ2v) is 13.6. The molecule has 43 heavy (non-hydrogen) atoms. The van der Waals surface area contributed by atoms with Crippen molar-refractivity contribution in [1.82, 2.24) is 0 Å². The van der Waals surface area contributed by atoms with E-state index in [-0.39, 0.29) is 53.7 Å². The fourth-order valence-corrected chi connectivity index (χ4v) is 7.47. The standard InChI is InChI=1S/C33H46BrClO8/c1-37-31(36)11-7-10-27(34)30-19-26-25(28(20-29(26)42-30)43-33-13-3-5-17-39-33)15-14-24(41-32-12-2-4-16-38-32)21-40-23-9-6-8-22(35)18-23/h6,8-9,14-15,18,24-30,32-33H,2-5,7,10-13,16-17,19-21H2,1H3/b15-14+/t24-,25-,26-,27?,28-,29-,30?,32?,33?/m1/s1. The van der Waals surface area contributed by atoms with Gasteiger partial charge in [-0.2, -0.15) is 0 Å². The fourth-order valence-electron chi connectivity index (χ4n) is 6.63. The zero-order chi connectivity index (χ0) is 30.0. The van der Waals surface area contributed by atoms with Gasteiger partial charge in [-0.05, 0) is 81.9 Å².